The number of rotatable bonds is 8. The van der Waals surface area contributed by atoms with Gasteiger partial charge in [-0.15, -0.1) is 0 Å². The highest BCUT2D eigenvalue weighted by Crippen LogP contribution is 2.44. The first kappa shape index (κ1) is 19.9. The first-order valence-electron chi connectivity index (χ1n) is 10.3. The normalized spacial score (nSPS) is 22.7. The number of hydrogen-bond acceptors (Lipinski definition) is 2. The van der Waals surface area contributed by atoms with Crippen LogP contribution < -0.4 is 10.1 Å². The topological polar surface area (TPSA) is 35.1 Å². The largest absolute Gasteiger partial charge is 0.496 e. The Kier molecular flexibility index (Phi) is 6.92. The lowest BCUT2D eigenvalue weighted by Gasteiger charge is -2.43. The lowest BCUT2D eigenvalue weighted by atomic mass is 9.68. The third-order valence-electron chi connectivity index (χ3n) is 5.98. The van der Waals surface area contributed by atoms with Crippen LogP contribution in [-0.2, 0) is 16.7 Å². The predicted molar refractivity (Wildman–Crippen MR) is 110 cm³/mol. The molecule has 2 aromatic rings. The van der Waals surface area contributed by atoms with Crippen molar-refractivity contribution in [3.05, 3.63) is 65.7 Å². The van der Waals surface area contributed by atoms with Gasteiger partial charge in [0.25, 0.3) is 0 Å². The lowest BCUT2D eigenvalue weighted by Crippen LogP contribution is -2.83. The standard InChI is InChI=1S/C24H33NO2/c1-19(2)23-17-24(14-16-27-23,21-11-7-8-12-22(21)26-3)13-15-25-18-20-9-5-4-6-10-20/h4-12,19,23,25H,13-18H2,1-3H3/p+1/t23-,24+/m0/s1. The van der Waals surface area contributed by atoms with Crippen LogP contribution in [0.3, 0.4) is 0 Å². The molecule has 146 valence electrons. The van der Waals surface area contributed by atoms with E-state index in [1.807, 2.05) is 0 Å². The van der Waals surface area contributed by atoms with Gasteiger partial charge in [-0.1, -0.05) is 62.4 Å². The van der Waals surface area contributed by atoms with E-state index in [-0.39, 0.29) is 5.41 Å². The molecule has 0 saturated carbocycles. The average molecular weight is 369 g/mol. The maximum Gasteiger partial charge on any atom is 0.122 e. The van der Waals surface area contributed by atoms with Gasteiger partial charge in [0.2, 0.25) is 0 Å². The Balaban J connectivity index is 1.75. The molecule has 1 heterocycles. The van der Waals surface area contributed by atoms with Crippen LogP contribution in [0.4, 0.5) is 0 Å². The summed E-state index contributed by atoms with van der Waals surface area (Å²) in [5.74, 6) is 1.55. The van der Waals surface area contributed by atoms with Gasteiger partial charge in [0.05, 0.1) is 19.8 Å². The molecule has 1 fully saturated rings. The van der Waals surface area contributed by atoms with Gasteiger partial charge in [0.15, 0.2) is 0 Å². The molecule has 0 spiro atoms. The number of para-hydroxylation sites is 1. The second-order valence-corrected chi connectivity index (χ2v) is 8.11. The number of nitrogens with two attached hydrogens (primary N) is 1. The van der Waals surface area contributed by atoms with Crippen LogP contribution in [0.1, 0.15) is 44.2 Å². The summed E-state index contributed by atoms with van der Waals surface area (Å²) in [5.41, 5.74) is 2.87. The van der Waals surface area contributed by atoms with Crippen molar-refractivity contribution in [1.29, 1.82) is 0 Å². The van der Waals surface area contributed by atoms with Crippen molar-refractivity contribution in [1.82, 2.24) is 0 Å². The highest BCUT2D eigenvalue weighted by Gasteiger charge is 2.41. The van der Waals surface area contributed by atoms with Crippen molar-refractivity contribution >= 4 is 0 Å². The zero-order valence-electron chi connectivity index (χ0n) is 17.0. The molecule has 3 rings (SSSR count). The Hall–Kier alpha value is -1.84. The number of quaternary nitrogens is 1. The molecule has 3 nitrogen and oxygen atoms in total. The predicted octanol–water partition coefficient (Wildman–Crippen LogP) is 3.92. The summed E-state index contributed by atoms with van der Waals surface area (Å²) in [6.45, 7) is 7.51. The van der Waals surface area contributed by atoms with Crippen molar-refractivity contribution in [3.63, 3.8) is 0 Å². The molecule has 0 aromatic heterocycles. The summed E-state index contributed by atoms with van der Waals surface area (Å²) in [6.07, 6.45) is 3.60. The van der Waals surface area contributed by atoms with Gasteiger partial charge < -0.3 is 14.8 Å². The van der Waals surface area contributed by atoms with Gasteiger partial charge >= 0.3 is 0 Å². The zero-order chi connectivity index (χ0) is 19.1. The van der Waals surface area contributed by atoms with E-state index < -0.39 is 0 Å². The van der Waals surface area contributed by atoms with Crippen molar-refractivity contribution in [2.75, 3.05) is 20.3 Å². The fourth-order valence-electron chi connectivity index (χ4n) is 4.33. The van der Waals surface area contributed by atoms with E-state index in [2.05, 4.69) is 73.8 Å². The maximum absolute atomic E-state index is 6.11. The lowest BCUT2D eigenvalue weighted by molar-refractivity contribution is -0.671. The number of benzene rings is 2. The first-order chi connectivity index (χ1) is 13.1. The van der Waals surface area contributed by atoms with Crippen LogP contribution in [0, 0.1) is 5.92 Å². The van der Waals surface area contributed by atoms with E-state index in [0.717, 1.165) is 44.7 Å². The molecule has 27 heavy (non-hydrogen) atoms. The van der Waals surface area contributed by atoms with E-state index in [1.165, 1.54) is 11.1 Å². The van der Waals surface area contributed by atoms with Gasteiger partial charge in [0, 0.05) is 29.6 Å². The molecule has 3 heteroatoms. The highest BCUT2D eigenvalue weighted by molar-refractivity contribution is 5.40. The Morgan fingerprint density at radius 2 is 1.85 bits per heavy atom. The summed E-state index contributed by atoms with van der Waals surface area (Å²) in [6, 6.07) is 19.3. The van der Waals surface area contributed by atoms with Crippen molar-refractivity contribution < 1.29 is 14.8 Å². The monoisotopic (exact) mass is 368 g/mol. The molecule has 2 N–H and O–H groups in total. The van der Waals surface area contributed by atoms with Crippen LogP contribution in [0.25, 0.3) is 0 Å². The molecule has 0 unspecified atom stereocenters. The van der Waals surface area contributed by atoms with E-state index in [1.54, 1.807) is 7.11 Å². The second kappa shape index (κ2) is 9.38. The molecule has 1 aliphatic rings. The Labute approximate surface area is 164 Å². The van der Waals surface area contributed by atoms with Crippen molar-refractivity contribution in [2.45, 2.75) is 51.2 Å². The Morgan fingerprint density at radius 1 is 1.11 bits per heavy atom. The number of hydrogen-bond donors (Lipinski definition) is 1. The molecule has 1 aliphatic heterocycles. The molecular weight excluding hydrogens is 334 g/mol. The van der Waals surface area contributed by atoms with E-state index in [4.69, 9.17) is 9.47 Å². The van der Waals surface area contributed by atoms with Crippen LogP contribution >= 0.6 is 0 Å². The van der Waals surface area contributed by atoms with Gasteiger partial charge in [-0.3, -0.25) is 0 Å². The molecule has 2 atom stereocenters. The second-order valence-electron chi connectivity index (χ2n) is 8.11. The molecule has 1 saturated heterocycles. The molecule has 0 amide bonds. The number of ether oxygens (including phenoxy) is 2. The summed E-state index contributed by atoms with van der Waals surface area (Å²) in [4.78, 5) is 0. The Bertz CT molecular complexity index is 701. The van der Waals surface area contributed by atoms with Crippen LogP contribution in [-0.4, -0.2) is 26.4 Å². The zero-order valence-corrected chi connectivity index (χ0v) is 17.0. The quantitative estimate of drug-likeness (QED) is 0.717. The van der Waals surface area contributed by atoms with Gasteiger partial charge in [-0.25, -0.2) is 0 Å². The van der Waals surface area contributed by atoms with Crippen LogP contribution in [0.2, 0.25) is 0 Å². The van der Waals surface area contributed by atoms with Gasteiger partial charge in [-0.2, -0.15) is 0 Å². The van der Waals surface area contributed by atoms with Gasteiger partial charge in [0.1, 0.15) is 12.3 Å². The maximum atomic E-state index is 6.11. The smallest absolute Gasteiger partial charge is 0.122 e. The molecule has 0 bridgehead atoms. The van der Waals surface area contributed by atoms with E-state index in [9.17, 15) is 0 Å². The van der Waals surface area contributed by atoms with E-state index >= 15 is 0 Å². The number of methoxy groups -OCH3 is 1. The summed E-state index contributed by atoms with van der Waals surface area (Å²) >= 11 is 0. The first-order valence-corrected chi connectivity index (χ1v) is 10.3. The van der Waals surface area contributed by atoms with Crippen molar-refractivity contribution in [2.24, 2.45) is 5.92 Å². The minimum absolute atomic E-state index is 0.132. The SMILES string of the molecule is COc1ccccc1[C@]1(CC[NH2+]Cc2ccccc2)CCO[C@H](C(C)C)C1. The minimum Gasteiger partial charge on any atom is -0.496 e. The van der Waals surface area contributed by atoms with Crippen LogP contribution in [0.5, 0.6) is 5.75 Å². The minimum atomic E-state index is 0.132. The highest BCUT2D eigenvalue weighted by atomic mass is 16.5. The molecule has 0 radical (unpaired) electrons. The molecule has 2 aromatic carbocycles. The Morgan fingerprint density at radius 3 is 2.59 bits per heavy atom. The summed E-state index contributed by atoms with van der Waals surface area (Å²) in [7, 11) is 1.79. The third kappa shape index (κ3) is 4.91. The van der Waals surface area contributed by atoms with Crippen LogP contribution in [0.15, 0.2) is 54.6 Å². The van der Waals surface area contributed by atoms with Crippen molar-refractivity contribution in [3.8, 4) is 5.75 Å². The fraction of sp³-hybridized carbons (Fsp3) is 0.500. The average Bonchev–Trinajstić information content (AvgIpc) is 2.72. The fourth-order valence-corrected chi connectivity index (χ4v) is 4.33. The van der Waals surface area contributed by atoms with E-state index in [0.29, 0.717) is 12.0 Å². The summed E-state index contributed by atoms with van der Waals surface area (Å²) < 4.78 is 11.9. The third-order valence-corrected chi connectivity index (χ3v) is 5.98. The molecular formula is C24H34NO2+. The summed E-state index contributed by atoms with van der Waals surface area (Å²) in [5, 5.41) is 2.44. The molecule has 0 aliphatic carbocycles. The van der Waals surface area contributed by atoms with Gasteiger partial charge in [-0.05, 0) is 24.8 Å².